The molecule has 0 bridgehead atoms. The van der Waals surface area contributed by atoms with Gasteiger partial charge in [0.2, 0.25) is 5.91 Å². The van der Waals surface area contributed by atoms with Gasteiger partial charge in [-0.15, -0.1) is 5.10 Å². The fourth-order valence-electron chi connectivity index (χ4n) is 3.01. The van der Waals surface area contributed by atoms with E-state index in [0.29, 0.717) is 50.3 Å². The van der Waals surface area contributed by atoms with Crippen molar-refractivity contribution in [2.24, 2.45) is 0 Å². The van der Waals surface area contributed by atoms with Gasteiger partial charge in [-0.2, -0.15) is 0 Å². The molecule has 0 unspecified atom stereocenters. The van der Waals surface area contributed by atoms with Crippen LogP contribution in [-0.2, 0) is 16.9 Å². The largest absolute Gasteiger partial charge is 0.385 e. The maximum atomic E-state index is 12.3. The van der Waals surface area contributed by atoms with E-state index in [1.807, 2.05) is 17.0 Å². The third-order valence-electron chi connectivity index (χ3n) is 4.49. The molecule has 0 spiro atoms. The van der Waals surface area contributed by atoms with Crippen molar-refractivity contribution in [3.05, 3.63) is 41.2 Å². The molecular weight excluding hydrogens is 330 g/mol. The Hall–Kier alpha value is -1.99. The monoisotopic (exact) mass is 349 g/mol. The highest BCUT2D eigenvalue weighted by atomic mass is 35.5. The molecule has 0 atom stereocenters. The van der Waals surface area contributed by atoms with Gasteiger partial charge in [0.25, 0.3) is 0 Å². The third-order valence-corrected chi connectivity index (χ3v) is 4.75. The number of piperidine rings is 1. The highest BCUT2D eigenvalue weighted by molar-refractivity contribution is 6.30. The second-order valence-electron chi connectivity index (χ2n) is 6.10. The molecule has 2 heterocycles. The van der Waals surface area contributed by atoms with Crippen molar-refractivity contribution >= 4 is 17.5 Å². The first kappa shape index (κ1) is 16.9. The molecule has 7 nitrogen and oxygen atoms in total. The van der Waals surface area contributed by atoms with Crippen LogP contribution in [0, 0.1) is 0 Å². The lowest BCUT2D eigenvalue weighted by atomic mass is 9.84. The van der Waals surface area contributed by atoms with E-state index in [-0.39, 0.29) is 5.91 Å². The minimum absolute atomic E-state index is 0.112. The van der Waals surface area contributed by atoms with Gasteiger partial charge >= 0.3 is 0 Å². The first-order chi connectivity index (χ1) is 11.6. The Balaban J connectivity index is 1.48. The number of nitrogens with zero attached hydrogens (tertiary/aromatic N) is 5. The molecule has 1 saturated heterocycles. The number of aromatic nitrogens is 4. The number of carbonyl (C=O) groups is 1. The number of halogens is 1. The van der Waals surface area contributed by atoms with Crippen molar-refractivity contribution in [2.45, 2.75) is 37.8 Å². The van der Waals surface area contributed by atoms with E-state index in [9.17, 15) is 9.90 Å². The van der Waals surface area contributed by atoms with E-state index >= 15 is 0 Å². The lowest BCUT2D eigenvalue weighted by molar-refractivity contribution is -0.135. The number of carbonyl (C=O) groups excluding carboxylic acids is 1. The van der Waals surface area contributed by atoms with E-state index in [2.05, 4.69) is 15.5 Å². The summed E-state index contributed by atoms with van der Waals surface area (Å²) < 4.78 is 1.61. The molecule has 8 heteroatoms. The molecule has 1 aliphatic rings. The highest BCUT2D eigenvalue weighted by Gasteiger charge is 2.35. The minimum atomic E-state index is -0.881. The van der Waals surface area contributed by atoms with Gasteiger partial charge in [0, 0.05) is 31.1 Å². The Labute approximate surface area is 145 Å². The molecular formula is C16H20ClN5O2. The summed E-state index contributed by atoms with van der Waals surface area (Å²) in [5.74, 6) is 0.112. The minimum Gasteiger partial charge on any atom is -0.385 e. The molecule has 2 aromatic rings. The highest BCUT2D eigenvalue weighted by Crippen LogP contribution is 2.33. The summed E-state index contributed by atoms with van der Waals surface area (Å²) in [5, 5.41) is 22.4. The van der Waals surface area contributed by atoms with Crippen LogP contribution in [0.25, 0.3) is 0 Å². The van der Waals surface area contributed by atoms with Gasteiger partial charge in [-0.25, -0.2) is 4.68 Å². The van der Waals surface area contributed by atoms with Crippen LogP contribution in [0.3, 0.4) is 0 Å². The smallest absolute Gasteiger partial charge is 0.222 e. The second-order valence-corrected chi connectivity index (χ2v) is 6.53. The second kappa shape index (κ2) is 7.27. The van der Waals surface area contributed by atoms with Gasteiger partial charge < -0.3 is 10.0 Å². The lowest BCUT2D eigenvalue weighted by Crippen LogP contribution is -2.45. The molecule has 128 valence electrons. The van der Waals surface area contributed by atoms with Crippen LogP contribution < -0.4 is 0 Å². The van der Waals surface area contributed by atoms with Crippen molar-refractivity contribution in [3.63, 3.8) is 0 Å². The summed E-state index contributed by atoms with van der Waals surface area (Å²) in [4.78, 5) is 14.1. The lowest BCUT2D eigenvalue weighted by Gasteiger charge is -2.38. The van der Waals surface area contributed by atoms with Gasteiger partial charge in [-0.05, 0) is 47.4 Å². The van der Waals surface area contributed by atoms with Gasteiger partial charge in [-0.1, -0.05) is 23.7 Å². The van der Waals surface area contributed by atoms with Crippen molar-refractivity contribution in [3.8, 4) is 0 Å². The Bertz CT molecular complexity index is 666. The fourth-order valence-corrected chi connectivity index (χ4v) is 3.13. The van der Waals surface area contributed by atoms with Crippen LogP contribution in [0.15, 0.2) is 30.6 Å². The molecule has 1 aromatic carbocycles. The SMILES string of the molecule is O=C(CCCn1cnnn1)N1CCC(O)(c2ccc(Cl)cc2)CC1. The number of hydrogen-bond acceptors (Lipinski definition) is 5. The molecule has 1 fully saturated rings. The number of hydrogen-bond donors (Lipinski definition) is 1. The maximum Gasteiger partial charge on any atom is 0.222 e. The Morgan fingerprint density at radius 1 is 1.25 bits per heavy atom. The van der Waals surface area contributed by atoms with Crippen LogP contribution in [0.4, 0.5) is 0 Å². The molecule has 24 heavy (non-hydrogen) atoms. The summed E-state index contributed by atoms with van der Waals surface area (Å²) in [5.41, 5.74) is -0.0222. The zero-order chi connectivity index (χ0) is 17.0. The molecule has 1 aromatic heterocycles. The summed E-state index contributed by atoms with van der Waals surface area (Å²) in [7, 11) is 0. The Kier molecular flexibility index (Phi) is 5.11. The average Bonchev–Trinajstić information content (AvgIpc) is 3.09. The van der Waals surface area contributed by atoms with E-state index in [1.165, 1.54) is 6.33 Å². The van der Waals surface area contributed by atoms with Gasteiger partial charge in [0.1, 0.15) is 6.33 Å². The number of aryl methyl sites for hydroxylation is 1. The van der Waals surface area contributed by atoms with E-state index < -0.39 is 5.60 Å². The molecule has 0 radical (unpaired) electrons. The average molecular weight is 350 g/mol. The predicted molar refractivity (Wildman–Crippen MR) is 88.2 cm³/mol. The molecule has 1 aliphatic heterocycles. The van der Waals surface area contributed by atoms with Crippen LogP contribution in [0.1, 0.15) is 31.2 Å². The topological polar surface area (TPSA) is 84.1 Å². The van der Waals surface area contributed by atoms with Crippen molar-refractivity contribution in [2.75, 3.05) is 13.1 Å². The number of aliphatic hydroxyl groups is 1. The van der Waals surface area contributed by atoms with Crippen LogP contribution in [-0.4, -0.2) is 49.2 Å². The zero-order valence-corrected chi connectivity index (χ0v) is 14.1. The molecule has 1 N–H and O–H groups in total. The standard InChI is InChI=1S/C16H20ClN5O2/c17-14-5-3-13(4-6-14)16(24)7-10-21(11-8-16)15(23)2-1-9-22-12-18-19-20-22/h3-6,12,24H,1-2,7-11H2. The quantitative estimate of drug-likeness (QED) is 0.886. The van der Waals surface area contributed by atoms with Crippen LogP contribution >= 0.6 is 11.6 Å². The summed E-state index contributed by atoms with van der Waals surface area (Å²) in [6, 6.07) is 7.27. The summed E-state index contributed by atoms with van der Waals surface area (Å²) in [6.07, 6.45) is 3.76. The van der Waals surface area contributed by atoms with E-state index in [0.717, 1.165) is 5.56 Å². The Morgan fingerprint density at radius 2 is 1.96 bits per heavy atom. The van der Waals surface area contributed by atoms with Crippen LogP contribution in [0.5, 0.6) is 0 Å². The molecule has 0 aliphatic carbocycles. The third kappa shape index (κ3) is 3.91. The summed E-state index contributed by atoms with van der Waals surface area (Å²) >= 11 is 5.90. The Morgan fingerprint density at radius 3 is 2.58 bits per heavy atom. The first-order valence-corrected chi connectivity index (χ1v) is 8.42. The molecule has 0 saturated carbocycles. The van der Waals surface area contributed by atoms with Gasteiger partial charge in [-0.3, -0.25) is 4.79 Å². The van der Waals surface area contributed by atoms with Crippen molar-refractivity contribution in [1.29, 1.82) is 0 Å². The first-order valence-electron chi connectivity index (χ1n) is 8.04. The van der Waals surface area contributed by atoms with Crippen molar-refractivity contribution in [1.82, 2.24) is 25.1 Å². The van der Waals surface area contributed by atoms with Crippen molar-refractivity contribution < 1.29 is 9.90 Å². The number of likely N-dealkylation sites (tertiary alicyclic amines) is 1. The fraction of sp³-hybridized carbons (Fsp3) is 0.500. The normalized spacial score (nSPS) is 17.0. The number of amides is 1. The van der Waals surface area contributed by atoms with Gasteiger partial charge in [0.05, 0.1) is 5.60 Å². The molecule has 1 amide bonds. The zero-order valence-electron chi connectivity index (χ0n) is 13.3. The van der Waals surface area contributed by atoms with Gasteiger partial charge in [0.15, 0.2) is 0 Å². The number of rotatable bonds is 5. The van der Waals surface area contributed by atoms with Crippen LogP contribution in [0.2, 0.25) is 5.02 Å². The number of benzene rings is 1. The molecule has 3 rings (SSSR count). The number of tetrazole rings is 1. The predicted octanol–water partition coefficient (Wildman–Crippen LogP) is 1.62. The van der Waals surface area contributed by atoms with E-state index in [4.69, 9.17) is 11.6 Å². The summed E-state index contributed by atoms with van der Waals surface area (Å²) in [6.45, 7) is 1.74. The van der Waals surface area contributed by atoms with E-state index in [1.54, 1.807) is 16.8 Å². The maximum absolute atomic E-state index is 12.3.